The van der Waals surface area contributed by atoms with Crippen molar-refractivity contribution >= 4 is 10.8 Å². The van der Waals surface area contributed by atoms with Crippen LogP contribution in [0, 0.1) is 17.1 Å². The zero-order valence-electron chi connectivity index (χ0n) is 15.8. The summed E-state index contributed by atoms with van der Waals surface area (Å²) in [6.45, 7) is 3.45. The lowest BCUT2D eigenvalue weighted by Gasteiger charge is -2.38. The molecule has 1 heterocycles. The third-order valence-electron chi connectivity index (χ3n) is 5.87. The Morgan fingerprint density at radius 3 is 2.54 bits per heavy atom. The van der Waals surface area contributed by atoms with E-state index in [1.54, 1.807) is 12.1 Å². The summed E-state index contributed by atoms with van der Waals surface area (Å²) >= 11 is 0. The number of benzene rings is 3. The summed E-state index contributed by atoms with van der Waals surface area (Å²) < 4.78 is 13.4. The molecule has 0 spiro atoms. The second kappa shape index (κ2) is 8.10. The molecule has 0 radical (unpaired) electrons. The van der Waals surface area contributed by atoms with Gasteiger partial charge in [0.05, 0.1) is 11.6 Å². The minimum atomic E-state index is -0.194. The molecular weight excluding hydrogens is 349 g/mol. The van der Waals surface area contributed by atoms with Gasteiger partial charge in [0.25, 0.3) is 0 Å². The van der Waals surface area contributed by atoms with Crippen LogP contribution in [0.5, 0.6) is 0 Å². The van der Waals surface area contributed by atoms with Crippen molar-refractivity contribution in [1.82, 2.24) is 10.6 Å². The molecule has 4 rings (SSSR count). The first kappa shape index (κ1) is 18.6. The monoisotopic (exact) mass is 373 g/mol. The lowest BCUT2D eigenvalue weighted by molar-refractivity contribution is 0.293. The second-order valence-corrected chi connectivity index (χ2v) is 7.61. The molecule has 0 bridgehead atoms. The van der Waals surface area contributed by atoms with Crippen molar-refractivity contribution in [1.29, 1.82) is 5.26 Å². The van der Waals surface area contributed by atoms with E-state index in [0.29, 0.717) is 12.1 Å². The van der Waals surface area contributed by atoms with Crippen LogP contribution in [0.15, 0.2) is 60.7 Å². The molecule has 0 atom stereocenters. The van der Waals surface area contributed by atoms with Crippen LogP contribution in [-0.2, 0) is 12.0 Å². The van der Waals surface area contributed by atoms with Gasteiger partial charge in [-0.05, 0) is 72.1 Å². The minimum Gasteiger partial charge on any atom is -0.317 e. The summed E-state index contributed by atoms with van der Waals surface area (Å²) in [5, 5.41) is 18.7. The topological polar surface area (TPSA) is 47.9 Å². The predicted octanol–water partition coefficient (Wildman–Crippen LogP) is 4.26. The number of piperidine rings is 1. The number of hydrogen-bond acceptors (Lipinski definition) is 3. The number of rotatable bonds is 5. The summed E-state index contributed by atoms with van der Waals surface area (Å²) in [5.41, 5.74) is 3.02. The van der Waals surface area contributed by atoms with Gasteiger partial charge in [0.1, 0.15) is 5.82 Å². The van der Waals surface area contributed by atoms with Crippen LogP contribution in [0.2, 0.25) is 0 Å². The number of nitrogens with zero attached hydrogens (tertiary/aromatic N) is 1. The van der Waals surface area contributed by atoms with Gasteiger partial charge in [-0.3, -0.25) is 0 Å². The van der Waals surface area contributed by atoms with Gasteiger partial charge in [0.15, 0.2) is 0 Å². The predicted molar refractivity (Wildman–Crippen MR) is 111 cm³/mol. The molecule has 3 aromatic rings. The van der Waals surface area contributed by atoms with Crippen LogP contribution >= 0.6 is 0 Å². The maximum absolute atomic E-state index is 13.4. The number of fused-ring (bicyclic) bond motifs is 1. The molecular formula is C24H24FN3. The zero-order chi connectivity index (χ0) is 19.4. The van der Waals surface area contributed by atoms with E-state index < -0.39 is 0 Å². The Morgan fingerprint density at radius 2 is 1.79 bits per heavy atom. The van der Waals surface area contributed by atoms with Gasteiger partial charge < -0.3 is 10.6 Å². The van der Waals surface area contributed by atoms with Crippen LogP contribution in [0.1, 0.15) is 29.5 Å². The van der Waals surface area contributed by atoms with Crippen molar-refractivity contribution < 1.29 is 4.39 Å². The van der Waals surface area contributed by atoms with Crippen molar-refractivity contribution in [2.45, 2.75) is 24.8 Å². The molecule has 1 aliphatic heterocycles. The Bertz CT molecular complexity index is 999. The molecule has 0 aliphatic carbocycles. The van der Waals surface area contributed by atoms with Gasteiger partial charge in [0, 0.05) is 18.5 Å². The highest BCUT2D eigenvalue weighted by Crippen LogP contribution is 2.33. The molecule has 0 saturated carbocycles. The molecule has 1 fully saturated rings. The number of nitriles is 1. The van der Waals surface area contributed by atoms with Crippen molar-refractivity contribution in [3.63, 3.8) is 0 Å². The van der Waals surface area contributed by atoms with Gasteiger partial charge in [0.2, 0.25) is 0 Å². The van der Waals surface area contributed by atoms with Gasteiger partial charge in [-0.15, -0.1) is 0 Å². The smallest absolute Gasteiger partial charge is 0.123 e. The number of hydrogen-bond donors (Lipinski definition) is 2. The molecule has 28 heavy (non-hydrogen) atoms. The average molecular weight is 373 g/mol. The van der Waals surface area contributed by atoms with E-state index in [0.717, 1.165) is 43.4 Å². The molecule has 0 unspecified atom stereocenters. The van der Waals surface area contributed by atoms with Crippen molar-refractivity contribution in [2.75, 3.05) is 19.6 Å². The molecule has 1 aliphatic rings. The summed E-state index contributed by atoms with van der Waals surface area (Å²) in [7, 11) is 0. The highest BCUT2D eigenvalue weighted by molar-refractivity contribution is 5.87. The molecule has 1 saturated heterocycles. The lowest BCUT2D eigenvalue weighted by atomic mass is 9.73. The standard InChI is InChI=1S/C24H24FN3/c25-22-7-5-21(6-8-22)24(9-11-27-12-10-24)17-28-16-20-14-18(15-26)13-19-3-1-2-4-23(19)20/h1-8,13-14,27-28H,9-12,16-17H2. The first-order valence-electron chi connectivity index (χ1n) is 9.79. The van der Waals surface area contributed by atoms with Crippen LogP contribution in [-0.4, -0.2) is 19.6 Å². The molecule has 0 aromatic heterocycles. The fraction of sp³-hybridized carbons (Fsp3) is 0.292. The molecule has 3 nitrogen and oxygen atoms in total. The van der Waals surface area contributed by atoms with E-state index >= 15 is 0 Å². The van der Waals surface area contributed by atoms with E-state index in [9.17, 15) is 9.65 Å². The van der Waals surface area contributed by atoms with E-state index in [1.165, 1.54) is 10.9 Å². The van der Waals surface area contributed by atoms with E-state index in [2.05, 4.69) is 22.8 Å². The van der Waals surface area contributed by atoms with Gasteiger partial charge in [-0.25, -0.2) is 4.39 Å². The minimum absolute atomic E-state index is 0.00158. The Balaban J connectivity index is 1.57. The Morgan fingerprint density at radius 1 is 1.04 bits per heavy atom. The van der Waals surface area contributed by atoms with E-state index in [-0.39, 0.29) is 11.2 Å². The summed E-state index contributed by atoms with van der Waals surface area (Å²) in [4.78, 5) is 0. The van der Waals surface area contributed by atoms with Gasteiger partial charge >= 0.3 is 0 Å². The molecule has 4 heteroatoms. The highest BCUT2D eigenvalue weighted by atomic mass is 19.1. The third-order valence-corrected chi connectivity index (χ3v) is 5.87. The Labute approximate surface area is 165 Å². The molecule has 3 aromatic carbocycles. The Hall–Kier alpha value is -2.74. The second-order valence-electron chi connectivity index (χ2n) is 7.61. The summed E-state index contributed by atoms with van der Waals surface area (Å²) in [5.74, 6) is -0.194. The van der Waals surface area contributed by atoms with Gasteiger partial charge in [-0.1, -0.05) is 36.4 Å². The third kappa shape index (κ3) is 3.77. The molecule has 142 valence electrons. The Kier molecular flexibility index (Phi) is 5.38. The van der Waals surface area contributed by atoms with Gasteiger partial charge in [-0.2, -0.15) is 5.26 Å². The van der Waals surface area contributed by atoms with Crippen LogP contribution < -0.4 is 10.6 Å². The first-order valence-corrected chi connectivity index (χ1v) is 9.79. The van der Waals surface area contributed by atoms with E-state index in [4.69, 9.17) is 0 Å². The SMILES string of the molecule is N#Cc1cc(CNCC2(c3ccc(F)cc3)CCNCC2)c2ccccc2c1. The fourth-order valence-electron chi connectivity index (χ4n) is 4.31. The summed E-state index contributed by atoms with van der Waals surface area (Å²) in [6, 6.07) is 21.3. The first-order chi connectivity index (χ1) is 13.7. The molecule has 2 N–H and O–H groups in total. The molecule has 0 amide bonds. The van der Waals surface area contributed by atoms with Crippen molar-refractivity contribution in [3.05, 3.63) is 83.2 Å². The quantitative estimate of drug-likeness (QED) is 0.702. The zero-order valence-corrected chi connectivity index (χ0v) is 15.8. The average Bonchev–Trinajstić information content (AvgIpc) is 2.74. The van der Waals surface area contributed by atoms with Crippen molar-refractivity contribution in [3.8, 4) is 6.07 Å². The summed E-state index contributed by atoms with van der Waals surface area (Å²) in [6.07, 6.45) is 2.04. The maximum atomic E-state index is 13.4. The fourth-order valence-corrected chi connectivity index (χ4v) is 4.31. The largest absolute Gasteiger partial charge is 0.317 e. The van der Waals surface area contributed by atoms with Crippen LogP contribution in [0.4, 0.5) is 4.39 Å². The normalized spacial score (nSPS) is 16.0. The van der Waals surface area contributed by atoms with Crippen LogP contribution in [0.3, 0.4) is 0 Å². The number of nitrogens with one attached hydrogen (secondary N) is 2. The maximum Gasteiger partial charge on any atom is 0.123 e. The number of halogens is 1. The highest BCUT2D eigenvalue weighted by Gasteiger charge is 2.33. The van der Waals surface area contributed by atoms with Crippen LogP contribution in [0.25, 0.3) is 10.8 Å². The van der Waals surface area contributed by atoms with Crippen molar-refractivity contribution in [2.24, 2.45) is 0 Å². The lowest BCUT2D eigenvalue weighted by Crippen LogP contribution is -2.46. The van der Waals surface area contributed by atoms with E-state index in [1.807, 2.05) is 42.5 Å².